The van der Waals surface area contributed by atoms with Gasteiger partial charge in [-0.2, -0.15) is 0 Å². The zero-order valence-corrected chi connectivity index (χ0v) is 12.0. The van der Waals surface area contributed by atoms with E-state index in [-0.39, 0.29) is 0 Å². The van der Waals surface area contributed by atoms with Gasteiger partial charge in [-0.15, -0.1) is 0 Å². The van der Waals surface area contributed by atoms with E-state index in [0.717, 1.165) is 17.9 Å². The average molecular weight is 267 g/mol. The number of para-hydroxylation sites is 1. The summed E-state index contributed by atoms with van der Waals surface area (Å²) in [5.74, 6) is 0.903. The van der Waals surface area contributed by atoms with Gasteiger partial charge >= 0.3 is 0 Å². The van der Waals surface area contributed by atoms with E-state index >= 15 is 0 Å². The van der Waals surface area contributed by atoms with E-state index < -0.39 is 0 Å². The SMILES string of the molecule is COc1ccccc1/C=C/CNC(C)c1ccccc1. The van der Waals surface area contributed by atoms with Crippen LogP contribution in [0.25, 0.3) is 6.08 Å². The van der Waals surface area contributed by atoms with E-state index in [1.807, 2.05) is 24.3 Å². The Morgan fingerprint density at radius 3 is 2.50 bits per heavy atom. The van der Waals surface area contributed by atoms with Crippen LogP contribution in [-0.4, -0.2) is 13.7 Å². The minimum atomic E-state index is 0.346. The molecule has 104 valence electrons. The highest BCUT2D eigenvalue weighted by Gasteiger charge is 2.01. The Bertz CT molecular complexity index is 548. The Hall–Kier alpha value is -2.06. The molecule has 2 aromatic rings. The predicted molar refractivity (Wildman–Crippen MR) is 84.9 cm³/mol. The van der Waals surface area contributed by atoms with Crippen molar-refractivity contribution in [3.8, 4) is 5.75 Å². The maximum Gasteiger partial charge on any atom is 0.126 e. The van der Waals surface area contributed by atoms with Crippen LogP contribution in [0.4, 0.5) is 0 Å². The van der Waals surface area contributed by atoms with Crippen molar-refractivity contribution in [2.24, 2.45) is 0 Å². The van der Waals surface area contributed by atoms with E-state index in [2.05, 4.69) is 54.7 Å². The number of nitrogens with one attached hydrogen (secondary N) is 1. The van der Waals surface area contributed by atoms with Crippen molar-refractivity contribution < 1.29 is 4.74 Å². The highest BCUT2D eigenvalue weighted by atomic mass is 16.5. The lowest BCUT2D eigenvalue weighted by Crippen LogP contribution is -2.18. The van der Waals surface area contributed by atoms with Gasteiger partial charge in [0, 0.05) is 18.2 Å². The van der Waals surface area contributed by atoms with Crippen LogP contribution in [0.5, 0.6) is 5.75 Å². The van der Waals surface area contributed by atoms with Crippen LogP contribution in [-0.2, 0) is 0 Å². The van der Waals surface area contributed by atoms with Crippen molar-refractivity contribution in [2.75, 3.05) is 13.7 Å². The molecule has 2 nitrogen and oxygen atoms in total. The third-order valence-corrected chi connectivity index (χ3v) is 3.28. The second-order valence-corrected chi connectivity index (χ2v) is 4.68. The maximum absolute atomic E-state index is 5.32. The highest BCUT2D eigenvalue weighted by molar-refractivity contribution is 5.57. The first-order valence-corrected chi connectivity index (χ1v) is 6.89. The standard InChI is InChI=1S/C18H21NO/c1-15(16-9-4-3-5-10-16)19-14-8-12-17-11-6-7-13-18(17)20-2/h3-13,15,19H,14H2,1-2H3/b12-8+. The van der Waals surface area contributed by atoms with Crippen molar-refractivity contribution in [3.05, 3.63) is 71.8 Å². The van der Waals surface area contributed by atoms with Crippen LogP contribution in [0.3, 0.4) is 0 Å². The summed E-state index contributed by atoms with van der Waals surface area (Å²) in [6.07, 6.45) is 4.21. The predicted octanol–water partition coefficient (Wildman–Crippen LogP) is 4.06. The van der Waals surface area contributed by atoms with Crippen LogP contribution in [0, 0.1) is 0 Å². The van der Waals surface area contributed by atoms with Gasteiger partial charge in [-0.25, -0.2) is 0 Å². The zero-order chi connectivity index (χ0) is 14.2. The lowest BCUT2D eigenvalue weighted by molar-refractivity contribution is 0.414. The molecule has 0 saturated carbocycles. The van der Waals surface area contributed by atoms with Crippen LogP contribution in [0.1, 0.15) is 24.1 Å². The summed E-state index contributed by atoms with van der Waals surface area (Å²) in [6.45, 7) is 3.00. The van der Waals surface area contributed by atoms with Gasteiger partial charge in [0.15, 0.2) is 0 Å². The molecule has 2 heteroatoms. The van der Waals surface area contributed by atoms with E-state index in [1.54, 1.807) is 7.11 Å². The fourth-order valence-electron chi connectivity index (χ4n) is 2.09. The number of methoxy groups -OCH3 is 1. The Morgan fingerprint density at radius 1 is 1.05 bits per heavy atom. The molecule has 2 aromatic carbocycles. The summed E-state index contributed by atoms with van der Waals surface area (Å²) >= 11 is 0. The van der Waals surface area contributed by atoms with E-state index in [1.165, 1.54) is 5.56 Å². The monoisotopic (exact) mass is 267 g/mol. The quantitative estimate of drug-likeness (QED) is 0.852. The second kappa shape index (κ2) is 7.51. The molecule has 0 aromatic heterocycles. The smallest absolute Gasteiger partial charge is 0.126 e. The molecule has 20 heavy (non-hydrogen) atoms. The summed E-state index contributed by atoms with van der Waals surface area (Å²) in [5.41, 5.74) is 2.40. The van der Waals surface area contributed by atoms with Gasteiger partial charge in [0.05, 0.1) is 7.11 Å². The number of ether oxygens (including phenoxy) is 1. The molecule has 1 atom stereocenters. The number of rotatable bonds is 6. The number of benzene rings is 2. The molecule has 0 saturated heterocycles. The molecule has 0 aliphatic heterocycles. The Morgan fingerprint density at radius 2 is 1.75 bits per heavy atom. The molecule has 1 N–H and O–H groups in total. The fourth-order valence-corrected chi connectivity index (χ4v) is 2.09. The summed E-state index contributed by atoms with van der Waals surface area (Å²) in [5, 5.41) is 3.48. The second-order valence-electron chi connectivity index (χ2n) is 4.68. The highest BCUT2D eigenvalue weighted by Crippen LogP contribution is 2.18. The average Bonchev–Trinajstić information content (AvgIpc) is 2.52. The van der Waals surface area contributed by atoms with Gasteiger partial charge in [0.2, 0.25) is 0 Å². The molecule has 0 radical (unpaired) electrons. The number of hydrogen-bond acceptors (Lipinski definition) is 2. The van der Waals surface area contributed by atoms with Crippen molar-refractivity contribution in [1.29, 1.82) is 0 Å². The first-order chi connectivity index (χ1) is 9.81. The third-order valence-electron chi connectivity index (χ3n) is 3.28. The van der Waals surface area contributed by atoms with Crippen molar-refractivity contribution >= 4 is 6.08 Å². The van der Waals surface area contributed by atoms with Gasteiger partial charge in [-0.3, -0.25) is 0 Å². The van der Waals surface area contributed by atoms with Gasteiger partial charge in [-0.05, 0) is 18.6 Å². The van der Waals surface area contributed by atoms with Gasteiger partial charge in [0.1, 0.15) is 5.75 Å². The van der Waals surface area contributed by atoms with Crippen molar-refractivity contribution in [3.63, 3.8) is 0 Å². The van der Waals surface area contributed by atoms with E-state index in [4.69, 9.17) is 4.74 Å². The van der Waals surface area contributed by atoms with E-state index in [0.29, 0.717) is 6.04 Å². The number of hydrogen-bond donors (Lipinski definition) is 1. The summed E-state index contributed by atoms with van der Waals surface area (Å²) in [7, 11) is 1.70. The topological polar surface area (TPSA) is 21.3 Å². The molecule has 0 aliphatic carbocycles. The molecule has 0 heterocycles. The molecular weight excluding hydrogens is 246 g/mol. The van der Waals surface area contributed by atoms with Crippen LogP contribution < -0.4 is 10.1 Å². The molecule has 2 rings (SSSR count). The molecule has 0 amide bonds. The van der Waals surface area contributed by atoms with E-state index in [9.17, 15) is 0 Å². The van der Waals surface area contributed by atoms with Crippen molar-refractivity contribution in [2.45, 2.75) is 13.0 Å². The van der Waals surface area contributed by atoms with Gasteiger partial charge < -0.3 is 10.1 Å². The third kappa shape index (κ3) is 3.97. The Balaban J connectivity index is 1.88. The first-order valence-electron chi connectivity index (χ1n) is 6.89. The molecule has 0 spiro atoms. The largest absolute Gasteiger partial charge is 0.496 e. The minimum absolute atomic E-state index is 0.346. The zero-order valence-electron chi connectivity index (χ0n) is 12.0. The Kier molecular flexibility index (Phi) is 5.39. The summed E-state index contributed by atoms with van der Waals surface area (Å²) < 4.78 is 5.32. The molecule has 0 aliphatic rings. The Labute approximate surface area is 121 Å². The molecular formula is C18H21NO. The van der Waals surface area contributed by atoms with Gasteiger partial charge in [-0.1, -0.05) is 60.7 Å². The molecule has 0 bridgehead atoms. The summed E-state index contributed by atoms with van der Waals surface area (Å²) in [4.78, 5) is 0. The molecule has 0 fully saturated rings. The van der Waals surface area contributed by atoms with Crippen LogP contribution in [0.2, 0.25) is 0 Å². The van der Waals surface area contributed by atoms with Crippen LogP contribution in [0.15, 0.2) is 60.7 Å². The first kappa shape index (κ1) is 14.4. The van der Waals surface area contributed by atoms with Crippen LogP contribution >= 0.6 is 0 Å². The fraction of sp³-hybridized carbons (Fsp3) is 0.222. The minimum Gasteiger partial charge on any atom is -0.496 e. The van der Waals surface area contributed by atoms with Crippen molar-refractivity contribution in [1.82, 2.24) is 5.32 Å². The normalized spacial score (nSPS) is 12.5. The lowest BCUT2D eigenvalue weighted by Gasteiger charge is -2.12. The summed E-state index contributed by atoms with van der Waals surface area (Å²) in [6, 6.07) is 18.8. The van der Waals surface area contributed by atoms with Gasteiger partial charge in [0.25, 0.3) is 0 Å². The lowest BCUT2D eigenvalue weighted by atomic mass is 10.1. The molecule has 1 unspecified atom stereocenters. The maximum atomic E-state index is 5.32.